The van der Waals surface area contributed by atoms with Crippen molar-refractivity contribution in [2.45, 2.75) is 52.0 Å². The zero-order chi connectivity index (χ0) is 13.9. The van der Waals surface area contributed by atoms with E-state index in [1.54, 1.807) is 0 Å². The average Bonchev–Trinajstić information content (AvgIpc) is 2.40. The van der Waals surface area contributed by atoms with Crippen LogP contribution in [-0.2, 0) is 0 Å². The van der Waals surface area contributed by atoms with Gasteiger partial charge in [-0.25, -0.2) is 4.39 Å². The van der Waals surface area contributed by atoms with Crippen LogP contribution in [0.1, 0.15) is 57.6 Å². The van der Waals surface area contributed by atoms with Gasteiger partial charge in [-0.15, -0.1) is 0 Å². The molecule has 1 N–H and O–H groups in total. The molecule has 0 heterocycles. The minimum Gasteiger partial charge on any atom is -0.310 e. The summed E-state index contributed by atoms with van der Waals surface area (Å²) in [7, 11) is 0. The largest absolute Gasteiger partial charge is 0.310 e. The fraction of sp³-hybridized carbons (Fsp3) is 0.625. The summed E-state index contributed by atoms with van der Waals surface area (Å²) in [5, 5.41) is 3.61. The summed E-state index contributed by atoms with van der Waals surface area (Å²) in [4.78, 5) is 0. The van der Waals surface area contributed by atoms with Gasteiger partial charge >= 0.3 is 0 Å². The van der Waals surface area contributed by atoms with Crippen molar-refractivity contribution in [1.29, 1.82) is 0 Å². The van der Waals surface area contributed by atoms with Gasteiger partial charge in [0.25, 0.3) is 0 Å². The van der Waals surface area contributed by atoms with Crippen molar-refractivity contribution >= 4 is 15.9 Å². The predicted molar refractivity (Wildman–Crippen MR) is 81.7 cm³/mol. The van der Waals surface area contributed by atoms with Crippen molar-refractivity contribution in [3.63, 3.8) is 0 Å². The van der Waals surface area contributed by atoms with Crippen LogP contribution in [0.5, 0.6) is 0 Å². The van der Waals surface area contributed by atoms with Gasteiger partial charge in [0.1, 0.15) is 5.82 Å². The van der Waals surface area contributed by atoms with Crippen LogP contribution in [0.3, 0.4) is 0 Å². The van der Waals surface area contributed by atoms with E-state index < -0.39 is 0 Å². The Morgan fingerprint density at radius 1 is 1.32 bits per heavy atom. The molecule has 1 aromatic carbocycles. The Bertz CT molecular complexity index is 427. The summed E-state index contributed by atoms with van der Waals surface area (Å²) in [6.45, 7) is 5.57. The molecule has 1 nitrogen and oxygen atoms in total. The molecule has 3 heteroatoms. The molecule has 1 atom stereocenters. The van der Waals surface area contributed by atoms with E-state index in [9.17, 15) is 4.39 Å². The van der Waals surface area contributed by atoms with Gasteiger partial charge in [-0.3, -0.25) is 0 Å². The molecule has 1 fully saturated rings. The highest BCUT2D eigenvalue weighted by molar-refractivity contribution is 9.10. The van der Waals surface area contributed by atoms with Gasteiger partial charge in [-0.2, -0.15) is 0 Å². The molecule has 19 heavy (non-hydrogen) atoms. The quantitative estimate of drug-likeness (QED) is 0.800. The van der Waals surface area contributed by atoms with Gasteiger partial charge in [0, 0.05) is 12.6 Å². The van der Waals surface area contributed by atoms with Gasteiger partial charge in [0.2, 0.25) is 0 Å². The first kappa shape index (κ1) is 15.0. The van der Waals surface area contributed by atoms with Crippen LogP contribution in [0.15, 0.2) is 22.7 Å². The Morgan fingerprint density at radius 2 is 2.00 bits per heavy atom. The Kier molecular flexibility index (Phi) is 5.02. The molecule has 0 saturated heterocycles. The Labute approximate surface area is 124 Å². The molecule has 0 aromatic heterocycles. The topological polar surface area (TPSA) is 12.0 Å². The Balaban J connectivity index is 1.93. The van der Waals surface area contributed by atoms with Gasteiger partial charge in [-0.05, 0) is 58.8 Å². The molecule has 1 aromatic rings. The smallest absolute Gasteiger partial charge is 0.137 e. The van der Waals surface area contributed by atoms with Crippen molar-refractivity contribution in [1.82, 2.24) is 5.32 Å². The zero-order valence-electron chi connectivity index (χ0n) is 11.8. The van der Waals surface area contributed by atoms with Crippen LogP contribution in [0.4, 0.5) is 4.39 Å². The summed E-state index contributed by atoms with van der Waals surface area (Å²) in [5.41, 5.74) is 1.57. The highest BCUT2D eigenvalue weighted by Crippen LogP contribution is 2.35. The molecule has 0 spiro atoms. The van der Waals surface area contributed by atoms with Crippen LogP contribution < -0.4 is 5.32 Å². The van der Waals surface area contributed by atoms with E-state index in [1.165, 1.54) is 38.2 Å². The van der Waals surface area contributed by atoms with E-state index in [4.69, 9.17) is 0 Å². The third-order valence-corrected chi connectivity index (χ3v) is 4.95. The van der Waals surface area contributed by atoms with E-state index in [0.29, 0.717) is 9.89 Å². The standard InChI is InChI=1S/C16H23BrFN/c1-12(13-6-7-15(18)14(17)10-13)19-11-16(2)8-4-3-5-9-16/h6-7,10,12,19H,3-5,8-9,11H2,1-2H3. The molecule has 0 aliphatic heterocycles. The van der Waals surface area contributed by atoms with E-state index in [1.807, 2.05) is 12.1 Å². The summed E-state index contributed by atoms with van der Waals surface area (Å²) in [6, 6.07) is 5.52. The first-order valence-corrected chi connectivity index (χ1v) is 7.98. The maximum absolute atomic E-state index is 13.2. The fourth-order valence-corrected chi connectivity index (χ4v) is 3.28. The summed E-state index contributed by atoms with van der Waals surface area (Å²) in [5.74, 6) is -0.199. The average molecular weight is 328 g/mol. The number of hydrogen-bond acceptors (Lipinski definition) is 1. The van der Waals surface area contributed by atoms with E-state index in [2.05, 4.69) is 35.1 Å². The first-order valence-electron chi connectivity index (χ1n) is 7.18. The van der Waals surface area contributed by atoms with Crippen LogP contribution in [-0.4, -0.2) is 6.54 Å². The number of nitrogens with one attached hydrogen (secondary N) is 1. The van der Waals surface area contributed by atoms with E-state index in [0.717, 1.165) is 12.1 Å². The van der Waals surface area contributed by atoms with Crippen LogP contribution in [0.2, 0.25) is 0 Å². The zero-order valence-corrected chi connectivity index (χ0v) is 13.4. The third kappa shape index (κ3) is 4.03. The highest BCUT2D eigenvalue weighted by Gasteiger charge is 2.26. The van der Waals surface area contributed by atoms with E-state index in [-0.39, 0.29) is 11.9 Å². The molecule has 2 rings (SSSR count). The lowest BCUT2D eigenvalue weighted by Gasteiger charge is -2.35. The Hall–Kier alpha value is -0.410. The summed E-state index contributed by atoms with van der Waals surface area (Å²) < 4.78 is 13.8. The minimum absolute atomic E-state index is 0.199. The highest BCUT2D eigenvalue weighted by atomic mass is 79.9. The van der Waals surface area contributed by atoms with Crippen molar-refractivity contribution in [2.24, 2.45) is 5.41 Å². The third-order valence-electron chi connectivity index (χ3n) is 4.34. The van der Waals surface area contributed by atoms with Gasteiger partial charge in [-0.1, -0.05) is 32.3 Å². The lowest BCUT2D eigenvalue weighted by atomic mass is 9.75. The maximum Gasteiger partial charge on any atom is 0.137 e. The second kappa shape index (κ2) is 6.36. The molecular weight excluding hydrogens is 305 g/mol. The molecule has 1 unspecified atom stereocenters. The second-order valence-electron chi connectivity index (χ2n) is 6.15. The summed E-state index contributed by atoms with van der Waals surface area (Å²) >= 11 is 3.25. The molecule has 0 radical (unpaired) electrons. The maximum atomic E-state index is 13.2. The van der Waals surface area contributed by atoms with Crippen molar-refractivity contribution in [3.8, 4) is 0 Å². The lowest BCUT2D eigenvalue weighted by molar-refractivity contribution is 0.202. The molecule has 106 valence electrons. The predicted octanol–water partition coefficient (Wildman–Crippen LogP) is 5.21. The van der Waals surface area contributed by atoms with Crippen molar-refractivity contribution < 1.29 is 4.39 Å². The number of hydrogen-bond donors (Lipinski definition) is 1. The molecule has 1 aliphatic carbocycles. The lowest BCUT2D eigenvalue weighted by Crippen LogP contribution is -2.35. The molecule has 1 aliphatic rings. The monoisotopic (exact) mass is 327 g/mol. The SMILES string of the molecule is CC(NCC1(C)CCCCC1)c1ccc(F)c(Br)c1. The van der Waals surface area contributed by atoms with Gasteiger partial charge in [0.15, 0.2) is 0 Å². The molecule has 1 saturated carbocycles. The number of halogens is 2. The first-order chi connectivity index (χ1) is 9.00. The van der Waals surface area contributed by atoms with Gasteiger partial charge < -0.3 is 5.32 Å². The fourth-order valence-electron chi connectivity index (χ4n) is 2.88. The molecular formula is C16H23BrFN. The minimum atomic E-state index is -0.199. The molecule has 0 bridgehead atoms. The number of benzene rings is 1. The Morgan fingerprint density at radius 3 is 2.63 bits per heavy atom. The summed E-state index contributed by atoms with van der Waals surface area (Å²) in [6.07, 6.45) is 6.74. The normalized spacial score (nSPS) is 20.2. The van der Waals surface area contributed by atoms with Crippen LogP contribution >= 0.6 is 15.9 Å². The second-order valence-corrected chi connectivity index (χ2v) is 7.00. The van der Waals surface area contributed by atoms with E-state index >= 15 is 0 Å². The number of rotatable bonds is 4. The van der Waals surface area contributed by atoms with Crippen molar-refractivity contribution in [3.05, 3.63) is 34.1 Å². The molecule has 0 amide bonds. The van der Waals surface area contributed by atoms with Crippen LogP contribution in [0.25, 0.3) is 0 Å². The van der Waals surface area contributed by atoms with Gasteiger partial charge in [0.05, 0.1) is 4.47 Å². The van der Waals surface area contributed by atoms with Crippen molar-refractivity contribution in [2.75, 3.05) is 6.54 Å². The van der Waals surface area contributed by atoms with Crippen LogP contribution in [0, 0.1) is 11.2 Å².